The molecule has 0 aliphatic heterocycles. The van der Waals surface area contributed by atoms with Crippen molar-refractivity contribution in [3.05, 3.63) is 51.8 Å². The van der Waals surface area contributed by atoms with Crippen molar-refractivity contribution in [2.45, 2.75) is 10.9 Å². The molecule has 5 nitrogen and oxygen atoms in total. The molecule has 0 aliphatic rings. The Kier molecular flexibility index (Phi) is 3.65. The fourth-order valence-corrected chi connectivity index (χ4v) is 2.31. The molecule has 0 radical (unpaired) electrons. The van der Waals surface area contributed by atoms with Gasteiger partial charge in [0, 0.05) is 11.8 Å². The van der Waals surface area contributed by atoms with Gasteiger partial charge in [-0.1, -0.05) is 30.0 Å². The van der Waals surface area contributed by atoms with E-state index in [-0.39, 0.29) is 11.4 Å². The topological polar surface area (TPSA) is 95.6 Å². The molecule has 0 atom stereocenters. The van der Waals surface area contributed by atoms with Gasteiger partial charge in [-0.3, -0.25) is 4.79 Å². The number of thioether (sulfide) groups is 1. The molecule has 3 N–H and O–H groups in total. The van der Waals surface area contributed by atoms with Crippen LogP contribution >= 0.6 is 11.8 Å². The molecule has 0 saturated heterocycles. The van der Waals surface area contributed by atoms with E-state index in [4.69, 9.17) is 11.0 Å². The third kappa shape index (κ3) is 2.90. The van der Waals surface area contributed by atoms with E-state index < -0.39 is 0 Å². The first kappa shape index (κ1) is 12.2. The Hall–Kier alpha value is -2.26. The van der Waals surface area contributed by atoms with Crippen molar-refractivity contribution < 1.29 is 0 Å². The van der Waals surface area contributed by atoms with E-state index in [1.807, 2.05) is 18.2 Å². The first-order chi connectivity index (χ1) is 8.69. The SMILES string of the molecule is N#Cc1ccccc1CSc1nc(N)cc(=O)[nH]1. The summed E-state index contributed by atoms with van der Waals surface area (Å²) >= 11 is 1.33. The van der Waals surface area contributed by atoms with Crippen LogP contribution in [0.15, 0.2) is 40.3 Å². The highest BCUT2D eigenvalue weighted by Gasteiger charge is 2.04. The third-order valence-electron chi connectivity index (χ3n) is 2.24. The van der Waals surface area contributed by atoms with Crippen LogP contribution in [0.2, 0.25) is 0 Å². The van der Waals surface area contributed by atoms with E-state index in [9.17, 15) is 4.79 Å². The van der Waals surface area contributed by atoms with Crippen molar-refractivity contribution in [1.29, 1.82) is 5.26 Å². The number of H-pyrrole nitrogens is 1. The molecular formula is C12H10N4OS. The second-order valence-corrected chi connectivity index (χ2v) is 4.50. The number of anilines is 1. The summed E-state index contributed by atoms with van der Waals surface area (Å²) in [6, 6.07) is 10.7. The van der Waals surface area contributed by atoms with Crippen molar-refractivity contribution >= 4 is 17.6 Å². The molecule has 0 fully saturated rings. The summed E-state index contributed by atoms with van der Waals surface area (Å²) < 4.78 is 0. The minimum atomic E-state index is -0.279. The van der Waals surface area contributed by atoms with E-state index in [1.54, 1.807) is 6.07 Å². The summed E-state index contributed by atoms with van der Waals surface area (Å²) in [5.74, 6) is 0.741. The summed E-state index contributed by atoms with van der Waals surface area (Å²) in [4.78, 5) is 17.8. The van der Waals surface area contributed by atoms with E-state index >= 15 is 0 Å². The van der Waals surface area contributed by atoms with Gasteiger partial charge in [0.15, 0.2) is 5.16 Å². The largest absolute Gasteiger partial charge is 0.383 e. The van der Waals surface area contributed by atoms with Gasteiger partial charge in [0.25, 0.3) is 5.56 Å². The van der Waals surface area contributed by atoms with Crippen LogP contribution in [-0.4, -0.2) is 9.97 Å². The maximum atomic E-state index is 11.2. The number of nitrogens with two attached hydrogens (primary N) is 1. The predicted molar refractivity (Wildman–Crippen MR) is 70.0 cm³/mol. The van der Waals surface area contributed by atoms with Gasteiger partial charge in [-0.25, -0.2) is 4.98 Å². The van der Waals surface area contributed by atoms with E-state index in [0.29, 0.717) is 16.5 Å². The number of nitrogen functional groups attached to an aromatic ring is 1. The molecule has 1 aromatic carbocycles. The monoisotopic (exact) mass is 258 g/mol. The summed E-state index contributed by atoms with van der Waals surface area (Å²) in [6.07, 6.45) is 0. The lowest BCUT2D eigenvalue weighted by atomic mass is 10.1. The molecule has 0 bridgehead atoms. The Morgan fingerprint density at radius 2 is 2.22 bits per heavy atom. The van der Waals surface area contributed by atoms with Gasteiger partial charge in [0.1, 0.15) is 5.82 Å². The van der Waals surface area contributed by atoms with Crippen molar-refractivity contribution in [3.8, 4) is 6.07 Å². The zero-order chi connectivity index (χ0) is 13.0. The van der Waals surface area contributed by atoms with Crippen LogP contribution in [0.3, 0.4) is 0 Å². The Labute approximate surface area is 108 Å². The summed E-state index contributed by atoms with van der Waals surface area (Å²) in [7, 11) is 0. The molecule has 0 amide bonds. The number of rotatable bonds is 3. The third-order valence-corrected chi connectivity index (χ3v) is 3.16. The van der Waals surface area contributed by atoms with Crippen molar-refractivity contribution in [2.75, 3.05) is 5.73 Å². The highest BCUT2D eigenvalue weighted by atomic mass is 32.2. The number of hydrogen-bond acceptors (Lipinski definition) is 5. The van der Waals surface area contributed by atoms with Crippen LogP contribution in [0.5, 0.6) is 0 Å². The lowest BCUT2D eigenvalue weighted by molar-refractivity contribution is 0.945. The van der Waals surface area contributed by atoms with Crippen LogP contribution in [-0.2, 0) is 5.75 Å². The van der Waals surface area contributed by atoms with Gasteiger partial charge in [0.05, 0.1) is 11.6 Å². The standard InChI is InChI=1S/C12H10N4OS/c13-6-8-3-1-2-4-9(8)7-18-12-15-10(14)5-11(17)16-12/h1-5H,7H2,(H3,14,15,16,17). The Morgan fingerprint density at radius 3 is 2.94 bits per heavy atom. The second kappa shape index (κ2) is 5.38. The summed E-state index contributed by atoms with van der Waals surface area (Å²) in [5, 5.41) is 9.40. The fourth-order valence-electron chi connectivity index (χ4n) is 1.42. The second-order valence-electron chi connectivity index (χ2n) is 3.53. The average Bonchev–Trinajstić information content (AvgIpc) is 2.35. The number of benzene rings is 1. The zero-order valence-corrected chi connectivity index (χ0v) is 10.2. The molecule has 2 rings (SSSR count). The molecule has 18 heavy (non-hydrogen) atoms. The van der Waals surface area contributed by atoms with Gasteiger partial charge < -0.3 is 10.7 Å². The van der Waals surface area contributed by atoms with E-state index in [2.05, 4.69) is 16.0 Å². The van der Waals surface area contributed by atoms with Gasteiger partial charge >= 0.3 is 0 Å². The van der Waals surface area contributed by atoms with Gasteiger partial charge in [-0.05, 0) is 11.6 Å². The van der Waals surface area contributed by atoms with E-state index in [1.165, 1.54) is 17.8 Å². The lowest BCUT2D eigenvalue weighted by Gasteiger charge is -2.03. The summed E-state index contributed by atoms with van der Waals surface area (Å²) in [6.45, 7) is 0. The Balaban J connectivity index is 2.17. The highest BCUT2D eigenvalue weighted by molar-refractivity contribution is 7.98. The van der Waals surface area contributed by atoms with Crippen molar-refractivity contribution in [1.82, 2.24) is 9.97 Å². The summed E-state index contributed by atoms with van der Waals surface area (Å²) in [5.41, 5.74) is 6.73. The molecule has 6 heteroatoms. The van der Waals surface area contributed by atoms with Crippen LogP contribution < -0.4 is 11.3 Å². The number of aromatic amines is 1. The van der Waals surface area contributed by atoms with Crippen molar-refractivity contribution in [2.24, 2.45) is 0 Å². The molecule has 1 aromatic heterocycles. The fraction of sp³-hybridized carbons (Fsp3) is 0.0833. The quantitative estimate of drug-likeness (QED) is 0.642. The molecule has 2 aromatic rings. The van der Waals surface area contributed by atoms with Gasteiger partial charge in [-0.15, -0.1) is 0 Å². The molecule has 1 heterocycles. The predicted octanol–water partition coefficient (Wildman–Crippen LogP) is 1.52. The molecular weight excluding hydrogens is 248 g/mol. The number of nitriles is 1. The maximum absolute atomic E-state index is 11.2. The molecule has 0 spiro atoms. The first-order valence-corrected chi connectivity index (χ1v) is 6.15. The van der Waals surface area contributed by atoms with Crippen LogP contribution in [0.4, 0.5) is 5.82 Å². The number of nitrogens with one attached hydrogen (secondary N) is 1. The van der Waals surface area contributed by atoms with Crippen LogP contribution in [0.25, 0.3) is 0 Å². The maximum Gasteiger partial charge on any atom is 0.253 e. The minimum Gasteiger partial charge on any atom is -0.383 e. The molecule has 0 unspecified atom stereocenters. The van der Waals surface area contributed by atoms with Crippen LogP contribution in [0.1, 0.15) is 11.1 Å². The molecule has 90 valence electrons. The van der Waals surface area contributed by atoms with Crippen LogP contribution in [0, 0.1) is 11.3 Å². The van der Waals surface area contributed by atoms with Crippen molar-refractivity contribution in [3.63, 3.8) is 0 Å². The minimum absolute atomic E-state index is 0.190. The average molecular weight is 258 g/mol. The first-order valence-electron chi connectivity index (χ1n) is 5.16. The normalized spacial score (nSPS) is 9.94. The number of aromatic nitrogens is 2. The smallest absolute Gasteiger partial charge is 0.253 e. The Morgan fingerprint density at radius 1 is 1.44 bits per heavy atom. The zero-order valence-electron chi connectivity index (χ0n) is 9.38. The van der Waals surface area contributed by atoms with E-state index in [0.717, 1.165) is 5.56 Å². The highest BCUT2D eigenvalue weighted by Crippen LogP contribution is 2.20. The number of hydrogen-bond donors (Lipinski definition) is 2. The molecule has 0 saturated carbocycles. The number of nitrogens with zero attached hydrogens (tertiary/aromatic N) is 2. The Bertz CT molecular complexity index is 660. The molecule has 0 aliphatic carbocycles. The van der Waals surface area contributed by atoms with Gasteiger partial charge in [-0.2, -0.15) is 5.26 Å². The lowest BCUT2D eigenvalue weighted by Crippen LogP contribution is -2.09. The van der Waals surface area contributed by atoms with Gasteiger partial charge in [0.2, 0.25) is 0 Å².